The molecule has 0 aliphatic rings. The molecule has 6 nitrogen and oxygen atoms in total. The average Bonchev–Trinajstić information content (AvgIpc) is 2.49. The predicted octanol–water partition coefficient (Wildman–Crippen LogP) is 2.15. The molecule has 1 aromatic heterocycles. The Hall–Kier alpha value is -2.34. The van der Waals surface area contributed by atoms with E-state index in [2.05, 4.69) is 13.2 Å². The van der Waals surface area contributed by atoms with Crippen molar-refractivity contribution in [2.75, 3.05) is 13.1 Å². The number of aromatic nitrogens is 1. The second-order valence-corrected chi connectivity index (χ2v) is 5.34. The first-order valence-electron chi connectivity index (χ1n) is 7.55. The van der Waals surface area contributed by atoms with Crippen LogP contribution in [0, 0.1) is 0 Å². The zero-order valence-corrected chi connectivity index (χ0v) is 13.4. The van der Waals surface area contributed by atoms with E-state index in [1.165, 1.54) is 16.8 Å². The molecule has 0 radical (unpaired) electrons. The van der Waals surface area contributed by atoms with E-state index >= 15 is 0 Å². The summed E-state index contributed by atoms with van der Waals surface area (Å²) < 4.78 is 1.47. The molecule has 1 rings (SSSR count). The van der Waals surface area contributed by atoms with Crippen LogP contribution in [-0.2, 0) is 11.3 Å². The number of aromatic hydroxyl groups is 1. The van der Waals surface area contributed by atoms with Gasteiger partial charge in [0.2, 0.25) is 5.43 Å². The molecule has 0 aliphatic carbocycles. The fraction of sp³-hybridized carbons (Fsp3) is 0.412. The first kappa shape index (κ1) is 18.7. The Morgan fingerprint density at radius 2 is 2.00 bits per heavy atom. The molecule has 1 atom stereocenters. The van der Waals surface area contributed by atoms with Crippen molar-refractivity contribution in [2.45, 2.75) is 32.4 Å². The van der Waals surface area contributed by atoms with Crippen LogP contribution in [0.15, 0.2) is 42.4 Å². The highest BCUT2D eigenvalue weighted by atomic mass is 16.4. The molecule has 6 heteroatoms. The summed E-state index contributed by atoms with van der Waals surface area (Å²) in [5.41, 5.74) is 0.0198. The first-order chi connectivity index (χ1) is 10.9. The molecular weight excluding hydrogens is 296 g/mol. The molecule has 0 spiro atoms. The Bertz CT molecular complexity index is 612. The molecule has 0 fully saturated rings. The van der Waals surface area contributed by atoms with E-state index in [1.54, 1.807) is 12.2 Å². The Balaban J connectivity index is 3.30. The number of carboxylic acids is 1. The lowest BCUT2D eigenvalue weighted by atomic mass is 10.1. The summed E-state index contributed by atoms with van der Waals surface area (Å²) in [7, 11) is 0. The molecule has 0 bridgehead atoms. The number of carbonyl (C=O) groups is 1. The van der Waals surface area contributed by atoms with Crippen LogP contribution in [-0.4, -0.2) is 38.7 Å². The summed E-state index contributed by atoms with van der Waals surface area (Å²) >= 11 is 0. The van der Waals surface area contributed by atoms with Gasteiger partial charge in [0.15, 0.2) is 5.75 Å². The van der Waals surface area contributed by atoms with E-state index in [9.17, 15) is 19.8 Å². The third-order valence-electron chi connectivity index (χ3n) is 3.49. The van der Waals surface area contributed by atoms with Gasteiger partial charge in [-0.05, 0) is 6.42 Å². The van der Waals surface area contributed by atoms with Crippen LogP contribution >= 0.6 is 0 Å². The lowest BCUT2D eigenvalue weighted by Crippen LogP contribution is -2.29. The molecule has 1 aromatic rings. The van der Waals surface area contributed by atoms with Crippen molar-refractivity contribution < 1.29 is 15.0 Å². The molecule has 0 amide bonds. The standard InChI is InChI=1S/C17H24N2O4/c1-4-7-14(17(22)23)19-12-16(21)15(20)10-13(19)11-18(8-5-2)9-6-3/h5-6,10,12,14,21H,2-4,7-9,11H2,1H3,(H,22,23). The summed E-state index contributed by atoms with van der Waals surface area (Å²) in [5, 5.41) is 19.1. The summed E-state index contributed by atoms with van der Waals surface area (Å²) in [4.78, 5) is 25.3. The monoisotopic (exact) mass is 320 g/mol. The summed E-state index contributed by atoms with van der Waals surface area (Å²) in [5.74, 6) is -1.44. The van der Waals surface area contributed by atoms with E-state index in [4.69, 9.17) is 0 Å². The van der Waals surface area contributed by atoms with Crippen LogP contribution < -0.4 is 5.43 Å². The number of nitrogens with zero attached hydrogens (tertiary/aromatic N) is 2. The highest BCUT2D eigenvalue weighted by Gasteiger charge is 2.22. The van der Waals surface area contributed by atoms with Crippen molar-refractivity contribution in [2.24, 2.45) is 0 Å². The van der Waals surface area contributed by atoms with Crippen molar-refractivity contribution in [1.82, 2.24) is 9.47 Å². The Morgan fingerprint density at radius 1 is 1.39 bits per heavy atom. The van der Waals surface area contributed by atoms with E-state index < -0.39 is 23.2 Å². The van der Waals surface area contributed by atoms with Gasteiger partial charge >= 0.3 is 5.97 Å². The molecule has 0 saturated heterocycles. The van der Waals surface area contributed by atoms with E-state index in [1.807, 2.05) is 11.8 Å². The minimum absolute atomic E-state index is 0.362. The molecule has 1 heterocycles. The Kier molecular flexibility index (Phi) is 7.28. The third-order valence-corrected chi connectivity index (χ3v) is 3.49. The number of aliphatic carboxylic acids is 1. The van der Waals surface area contributed by atoms with Crippen molar-refractivity contribution in [3.05, 3.63) is 53.5 Å². The molecule has 1 unspecified atom stereocenters. The van der Waals surface area contributed by atoms with Gasteiger partial charge in [0.25, 0.3) is 0 Å². The maximum Gasteiger partial charge on any atom is 0.326 e. The van der Waals surface area contributed by atoms with E-state index in [-0.39, 0.29) is 0 Å². The van der Waals surface area contributed by atoms with Gasteiger partial charge in [-0.1, -0.05) is 25.5 Å². The molecule has 0 aliphatic heterocycles. The van der Waals surface area contributed by atoms with Gasteiger partial charge in [-0.15, -0.1) is 13.2 Å². The van der Waals surface area contributed by atoms with E-state index in [0.29, 0.717) is 38.2 Å². The van der Waals surface area contributed by atoms with Crippen molar-refractivity contribution in [3.63, 3.8) is 0 Å². The highest BCUT2D eigenvalue weighted by Crippen LogP contribution is 2.20. The fourth-order valence-corrected chi connectivity index (χ4v) is 2.45. The van der Waals surface area contributed by atoms with Crippen LogP contribution in [0.5, 0.6) is 5.75 Å². The SMILES string of the molecule is C=CCN(CC=C)Cc1cc(=O)c(O)cn1C(CCC)C(=O)O. The zero-order chi connectivity index (χ0) is 17.4. The maximum absolute atomic E-state index is 11.8. The lowest BCUT2D eigenvalue weighted by molar-refractivity contribution is -0.141. The van der Waals surface area contributed by atoms with Crippen molar-refractivity contribution in [3.8, 4) is 5.75 Å². The van der Waals surface area contributed by atoms with Crippen LogP contribution in [0.25, 0.3) is 0 Å². The number of carboxylic acid groups (broad SMARTS) is 1. The van der Waals surface area contributed by atoms with Crippen LogP contribution in [0.2, 0.25) is 0 Å². The quantitative estimate of drug-likeness (QED) is 0.646. The maximum atomic E-state index is 11.8. The summed E-state index contributed by atoms with van der Waals surface area (Å²) in [6.07, 6.45) is 5.76. The zero-order valence-electron chi connectivity index (χ0n) is 13.4. The first-order valence-corrected chi connectivity index (χ1v) is 7.55. The summed E-state index contributed by atoms with van der Waals surface area (Å²) in [6, 6.07) is 0.468. The second kappa shape index (κ2) is 8.95. The van der Waals surface area contributed by atoms with Gasteiger partial charge < -0.3 is 14.8 Å². The number of pyridine rings is 1. The molecule has 0 saturated carbocycles. The second-order valence-electron chi connectivity index (χ2n) is 5.34. The molecule has 23 heavy (non-hydrogen) atoms. The third kappa shape index (κ3) is 5.10. The fourth-order valence-electron chi connectivity index (χ4n) is 2.45. The van der Waals surface area contributed by atoms with Gasteiger partial charge in [-0.25, -0.2) is 4.79 Å². The summed E-state index contributed by atoms with van der Waals surface area (Å²) in [6.45, 7) is 10.8. The predicted molar refractivity (Wildman–Crippen MR) is 89.6 cm³/mol. The van der Waals surface area contributed by atoms with Gasteiger partial charge in [0.05, 0.1) is 6.20 Å². The topological polar surface area (TPSA) is 82.8 Å². The van der Waals surface area contributed by atoms with Crippen LogP contribution in [0.3, 0.4) is 0 Å². The van der Waals surface area contributed by atoms with Gasteiger partial charge in [-0.2, -0.15) is 0 Å². The number of rotatable bonds is 10. The Labute approximate surface area is 136 Å². The number of hydrogen-bond acceptors (Lipinski definition) is 4. The minimum atomic E-state index is -0.991. The molecule has 2 N–H and O–H groups in total. The van der Waals surface area contributed by atoms with Crippen LogP contribution in [0.1, 0.15) is 31.5 Å². The molecular formula is C17H24N2O4. The van der Waals surface area contributed by atoms with Crippen molar-refractivity contribution in [1.29, 1.82) is 0 Å². The van der Waals surface area contributed by atoms with Gasteiger partial charge in [0.1, 0.15) is 6.04 Å². The van der Waals surface area contributed by atoms with Crippen LogP contribution in [0.4, 0.5) is 0 Å². The average molecular weight is 320 g/mol. The highest BCUT2D eigenvalue weighted by molar-refractivity contribution is 5.72. The molecule has 0 aromatic carbocycles. The Morgan fingerprint density at radius 3 is 2.48 bits per heavy atom. The lowest BCUT2D eigenvalue weighted by Gasteiger charge is -2.25. The van der Waals surface area contributed by atoms with Gasteiger partial charge in [0, 0.05) is 31.4 Å². The number of hydrogen-bond donors (Lipinski definition) is 2. The molecule has 126 valence electrons. The van der Waals surface area contributed by atoms with Crippen molar-refractivity contribution >= 4 is 5.97 Å². The largest absolute Gasteiger partial charge is 0.503 e. The normalized spacial score (nSPS) is 12.1. The van der Waals surface area contributed by atoms with Gasteiger partial charge in [-0.3, -0.25) is 9.69 Å². The van der Waals surface area contributed by atoms with E-state index in [0.717, 1.165) is 0 Å². The minimum Gasteiger partial charge on any atom is -0.503 e. The smallest absolute Gasteiger partial charge is 0.326 e.